The van der Waals surface area contributed by atoms with E-state index in [1.165, 1.54) is 19.3 Å². The third-order valence-electron chi connectivity index (χ3n) is 1.73. The van der Waals surface area contributed by atoms with Gasteiger partial charge in [0.15, 0.2) is 0 Å². The summed E-state index contributed by atoms with van der Waals surface area (Å²) in [5.74, 6) is 0. The van der Waals surface area contributed by atoms with Crippen molar-refractivity contribution < 1.29 is 29.6 Å². The zero-order valence-electron chi connectivity index (χ0n) is 7.34. The van der Waals surface area contributed by atoms with Gasteiger partial charge in [-0.2, -0.15) is 0 Å². The molecule has 0 saturated carbocycles. The first-order chi connectivity index (χ1) is 4.80. The summed E-state index contributed by atoms with van der Waals surface area (Å²) in [7, 11) is 2.01. The summed E-state index contributed by atoms with van der Waals surface area (Å²) in [6.07, 6.45) is 3.75. The van der Waals surface area contributed by atoms with Crippen LogP contribution in [0.3, 0.4) is 0 Å². The summed E-state index contributed by atoms with van der Waals surface area (Å²) < 4.78 is 0. The molecule has 1 aliphatic rings. The van der Waals surface area contributed by atoms with Gasteiger partial charge in [0, 0.05) is 5.11 Å². The monoisotopic (exact) mass is 180 g/mol. The van der Waals surface area contributed by atoms with Gasteiger partial charge in [0.1, 0.15) is 0 Å². The number of rotatable bonds is 0. The molecule has 4 heteroatoms. The molecule has 0 amide bonds. The smallest absolute Gasteiger partial charge is 0.463 e. The largest absolute Gasteiger partial charge is 1.00 e. The molecule has 0 atom stereocenters. The minimum absolute atomic E-state index is 0. The van der Waals surface area contributed by atoms with Crippen LogP contribution in [0.25, 0.3) is 5.32 Å². The molecule has 2 nitrogen and oxygen atoms in total. The van der Waals surface area contributed by atoms with Crippen molar-refractivity contribution >= 4 is 17.3 Å². The summed E-state index contributed by atoms with van der Waals surface area (Å²) in [4.78, 5) is 2.05. The molecule has 0 bridgehead atoms. The predicted octanol–water partition coefficient (Wildman–Crippen LogP) is -1.24. The van der Waals surface area contributed by atoms with Gasteiger partial charge in [0.25, 0.3) is 0 Å². The van der Waals surface area contributed by atoms with Crippen LogP contribution < -0.4 is 29.6 Å². The quantitative estimate of drug-likeness (QED) is 0.343. The average Bonchev–Trinajstić information content (AvgIpc) is 1.92. The van der Waals surface area contributed by atoms with Crippen LogP contribution in [-0.4, -0.2) is 30.1 Å². The molecule has 1 rings (SSSR count). The van der Waals surface area contributed by atoms with Gasteiger partial charge in [-0.05, 0) is 13.1 Å². The van der Waals surface area contributed by atoms with Gasteiger partial charge in [-0.15, -0.1) is 0 Å². The van der Waals surface area contributed by atoms with E-state index in [9.17, 15) is 0 Å². The minimum atomic E-state index is 0. The molecule has 1 fully saturated rings. The Morgan fingerprint density at radius 2 is 2.09 bits per heavy atom. The molecule has 1 heterocycles. The molecule has 11 heavy (non-hydrogen) atoms. The topological polar surface area (TPSA) is 17.3 Å². The summed E-state index contributed by atoms with van der Waals surface area (Å²) in [5.41, 5.74) is 0. The Balaban J connectivity index is 0.000001000. The van der Waals surface area contributed by atoms with Gasteiger partial charge < -0.3 is 10.2 Å². The SMILES string of the molecule is CN1CCCCC[N-]C1=S.[Na+]. The maximum Gasteiger partial charge on any atom is 1.00 e. The Morgan fingerprint density at radius 1 is 1.36 bits per heavy atom. The molecular formula is C7H13N2NaS. The van der Waals surface area contributed by atoms with Crippen LogP contribution in [-0.2, 0) is 0 Å². The Bertz CT molecular complexity index is 130. The van der Waals surface area contributed by atoms with E-state index < -0.39 is 0 Å². The van der Waals surface area contributed by atoms with Crippen molar-refractivity contribution in [1.82, 2.24) is 4.90 Å². The molecule has 0 unspecified atom stereocenters. The number of nitrogens with zero attached hydrogens (tertiary/aromatic N) is 2. The van der Waals surface area contributed by atoms with E-state index in [1.54, 1.807) is 0 Å². The zero-order valence-corrected chi connectivity index (χ0v) is 10.2. The van der Waals surface area contributed by atoms with Gasteiger partial charge in [-0.25, -0.2) is 0 Å². The van der Waals surface area contributed by atoms with E-state index in [-0.39, 0.29) is 29.6 Å². The third-order valence-corrected chi connectivity index (χ3v) is 2.17. The Morgan fingerprint density at radius 3 is 2.82 bits per heavy atom. The van der Waals surface area contributed by atoms with Crippen LogP contribution in [0.4, 0.5) is 0 Å². The first-order valence-electron chi connectivity index (χ1n) is 3.73. The molecule has 0 aromatic carbocycles. The fraction of sp³-hybridized carbons (Fsp3) is 0.857. The second-order valence-electron chi connectivity index (χ2n) is 2.65. The van der Waals surface area contributed by atoms with Crippen molar-refractivity contribution in [2.75, 3.05) is 20.1 Å². The molecule has 0 N–H and O–H groups in total. The van der Waals surface area contributed by atoms with Crippen molar-refractivity contribution in [3.8, 4) is 0 Å². The van der Waals surface area contributed by atoms with E-state index in [4.69, 9.17) is 12.2 Å². The first kappa shape index (κ1) is 11.7. The molecule has 0 aliphatic carbocycles. The average molecular weight is 180 g/mol. The number of thiocarbonyl (C=S) groups is 1. The van der Waals surface area contributed by atoms with E-state index in [2.05, 4.69) is 10.2 Å². The number of hydrogen-bond donors (Lipinski definition) is 0. The summed E-state index contributed by atoms with van der Waals surface area (Å²) in [6.45, 7) is 1.99. The fourth-order valence-electron chi connectivity index (χ4n) is 1.03. The molecule has 0 aromatic heterocycles. The normalized spacial score (nSPS) is 19.4. The summed E-state index contributed by atoms with van der Waals surface area (Å²) in [6, 6.07) is 0. The van der Waals surface area contributed by atoms with Gasteiger partial charge in [0.05, 0.1) is 0 Å². The maximum atomic E-state index is 5.03. The van der Waals surface area contributed by atoms with Crippen molar-refractivity contribution in [2.45, 2.75) is 19.3 Å². The Labute approximate surface area is 96.0 Å². The second kappa shape index (κ2) is 6.23. The first-order valence-corrected chi connectivity index (χ1v) is 4.14. The van der Waals surface area contributed by atoms with E-state index in [1.807, 2.05) is 7.05 Å². The van der Waals surface area contributed by atoms with E-state index in [0.717, 1.165) is 18.2 Å². The van der Waals surface area contributed by atoms with Crippen LogP contribution in [0.2, 0.25) is 0 Å². The van der Waals surface area contributed by atoms with Crippen molar-refractivity contribution in [1.29, 1.82) is 0 Å². The molecule has 1 saturated heterocycles. The van der Waals surface area contributed by atoms with E-state index >= 15 is 0 Å². The van der Waals surface area contributed by atoms with Crippen LogP contribution >= 0.6 is 12.2 Å². The van der Waals surface area contributed by atoms with Gasteiger partial charge in [-0.1, -0.05) is 38.5 Å². The van der Waals surface area contributed by atoms with Crippen molar-refractivity contribution in [2.24, 2.45) is 0 Å². The Kier molecular flexibility index (Phi) is 6.62. The fourth-order valence-corrected chi connectivity index (χ4v) is 1.21. The van der Waals surface area contributed by atoms with Gasteiger partial charge in [0.2, 0.25) is 0 Å². The predicted molar refractivity (Wildman–Crippen MR) is 47.3 cm³/mol. The van der Waals surface area contributed by atoms with Crippen molar-refractivity contribution in [3.63, 3.8) is 0 Å². The maximum absolute atomic E-state index is 5.03. The molecule has 0 spiro atoms. The van der Waals surface area contributed by atoms with Gasteiger partial charge >= 0.3 is 29.6 Å². The Hall–Kier alpha value is 0.690. The standard InChI is InChI=1S/C7H14N2S.Na/c1-9-6-4-2-3-5-8-7(9)10;/h2-6H2,1H3,(H,8,10);/q;+1/p-1. The van der Waals surface area contributed by atoms with Crippen LogP contribution in [0.1, 0.15) is 19.3 Å². The minimum Gasteiger partial charge on any atom is -0.463 e. The van der Waals surface area contributed by atoms with Gasteiger partial charge in [-0.3, -0.25) is 0 Å². The molecule has 0 aromatic rings. The summed E-state index contributed by atoms with van der Waals surface area (Å²) >= 11 is 5.03. The van der Waals surface area contributed by atoms with Crippen LogP contribution in [0.15, 0.2) is 0 Å². The van der Waals surface area contributed by atoms with E-state index in [0.29, 0.717) is 0 Å². The third kappa shape index (κ3) is 4.31. The number of hydrogen-bond acceptors (Lipinski definition) is 1. The van der Waals surface area contributed by atoms with Crippen LogP contribution in [0, 0.1) is 0 Å². The molecular weight excluding hydrogens is 167 g/mol. The van der Waals surface area contributed by atoms with Crippen LogP contribution in [0.5, 0.6) is 0 Å². The molecule has 58 valence electrons. The molecule has 0 radical (unpaired) electrons. The zero-order chi connectivity index (χ0) is 7.40. The van der Waals surface area contributed by atoms with Crippen molar-refractivity contribution in [3.05, 3.63) is 5.32 Å². The second-order valence-corrected chi connectivity index (χ2v) is 3.01. The summed E-state index contributed by atoms with van der Waals surface area (Å²) in [5, 5.41) is 5.00. The molecule has 1 aliphatic heterocycles.